The Morgan fingerprint density at radius 2 is 2.30 bits per heavy atom. The van der Waals surface area contributed by atoms with Gasteiger partial charge >= 0.3 is 0 Å². The van der Waals surface area contributed by atoms with E-state index >= 15 is 0 Å². The van der Waals surface area contributed by atoms with Gasteiger partial charge in [-0.1, -0.05) is 12.7 Å². The molecule has 1 aromatic carbocycles. The number of fused-ring (bicyclic) bond motifs is 1. The highest BCUT2D eigenvalue weighted by Crippen LogP contribution is 2.23. The molecule has 0 radical (unpaired) electrons. The molecular formula is C15H18N2O3. The van der Waals surface area contributed by atoms with Crippen molar-refractivity contribution in [2.75, 3.05) is 13.2 Å². The number of hydrogen-bond donors (Lipinski definition) is 4. The molecule has 1 aromatic heterocycles. The van der Waals surface area contributed by atoms with Crippen molar-refractivity contribution in [2.45, 2.75) is 6.42 Å². The molecule has 0 saturated carbocycles. The summed E-state index contributed by atoms with van der Waals surface area (Å²) < 4.78 is 5.20. The van der Waals surface area contributed by atoms with Gasteiger partial charge in [-0.05, 0) is 30.2 Å². The van der Waals surface area contributed by atoms with Crippen molar-refractivity contribution in [1.29, 1.82) is 0 Å². The van der Waals surface area contributed by atoms with Crippen LogP contribution in [0.3, 0.4) is 0 Å². The van der Waals surface area contributed by atoms with Crippen molar-refractivity contribution in [3.63, 3.8) is 0 Å². The van der Waals surface area contributed by atoms with Crippen LogP contribution in [0.2, 0.25) is 0 Å². The number of phenols is 1. The highest BCUT2D eigenvalue weighted by molar-refractivity contribution is 5.84. The average molecular weight is 274 g/mol. The molecule has 20 heavy (non-hydrogen) atoms. The number of aliphatic hydroxyl groups excluding tert-OH is 1. The Bertz CT molecular complexity index is 617. The van der Waals surface area contributed by atoms with Crippen molar-refractivity contribution < 1.29 is 14.9 Å². The predicted molar refractivity (Wildman–Crippen MR) is 78.5 cm³/mol. The van der Waals surface area contributed by atoms with E-state index < -0.39 is 0 Å². The molecule has 0 aliphatic heterocycles. The van der Waals surface area contributed by atoms with E-state index in [1.807, 2.05) is 12.3 Å². The van der Waals surface area contributed by atoms with Crippen LogP contribution in [0, 0.1) is 0 Å². The zero-order valence-corrected chi connectivity index (χ0v) is 11.1. The van der Waals surface area contributed by atoms with Crippen LogP contribution in [0.15, 0.2) is 49.2 Å². The number of hydrogen-bond acceptors (Lipinski definition) is 4. The van der Waals surface area contributed by atoms with Crippen LogP contribution in [0.1, 0.15) is 5.56 Å². The lowest BCUT2D eigenvalue weighted by molar-refractivity contribution is 0.208. The molecule has 0 spiro atoms. The van der Waals surface area contributed by atoms with Gasteiger partial charge in [0.1, 0.15) is 18.6 Å². The second-order valence-corrected chi connectivity index (χ2v) is 4.31. The predicted octanol–water partition coefficient (Wildman–Crippen LogP) is 2.57. The van der Waals surface area contributed by atoms with Crippen molar-refractivity contribution in [3.05, 3.63) is 54.8 Å². The Morgan fingerprint density at radius 1 is 1.45 bits per heavy atom. The second-order valence-electron chi connectivity index (χ2n) is 4.31. The summed E-state index contributed by atoms with van der Waals surface area (Å²) in [5.74, 6) is 0.559. The average Bonchev–Trinajstić information content (AvgIpc) is 2.85. The van der Waals surface area contributed by atoms with E-state index in [0.717, 1.165) is 29.1 Å². The summed E-state index contributed by atoms with van der Waals surface area (Å²) in [6.07, 6.45) is 5.15. The fourth-order valence-corrected chi connectivity index (χ4v) is 1.98. The van der Waals surface area contributed by atoms with Crippen molar-refractivity contribution in [3.8, 4) is 5.75 Å². The third-order valence-electron chi connectivity index (χ3n) is 2.92. The summed E-state index contributed by atoms with van der Waals surface area (Å²) in [7, 11) is 0. The number of nitrogens with one attached hydrogen (secondary N) is 2. The van der Waals surface area contributed by atoms with E-state index in [9.17, 15) is 5.11 Å². The Hall–Kier alpha value is -2.56. The van der Waals surface area contributed by atoms with E-state index in [1.165, 1.54) is 0 Å². The van der Waals surface area contributed by atoms with Gasteiger partial charge < -0.3 is 25.3 Å². The number of aliphatic hydroxyl groups is 1. The minimum absolute atomic E-state index is 0.247. The molecule has 0 aliphatic rings. The van der Waals surface area contributed by atoms with Crippen molar-refractivity contribution in [2.24, 2.45) is 0 Å². The van der Waals surface area contributed by atoms with Crippen molar-refractivity contribution in [1.82, 2.24) is 10.3 Å². The van der Waals surface area contributed by atoms with Crippen molar-refractivity contribution >= 4 is 10.9 Å². The molecule has 0 atom stereocenters. The van der Waals surface area contributed by atoms with Gasteiger partial charge in [0.05, 0.1) is 0 Å². The number of ether oxygens (including phenoxy) is 1. The van der Waals surface area contributed by atoms with Crippen LogP contribution in [0.5, 0.6) is 5.75 Å². The van der Waals surface area contributed by atoms with E-state index in [2.05, 4.69) is 16.9 Å². The number of rotatable bonds is 7. The van der Waals surface area contributed by atoms with Gasteiger partial charge in [0.25, 0.3) is 0 Å². The number of aromatic hydroxyl groups is 1. The van der Waals surface area contributed by atoms with Gasteiger partial charge in [0.15, 0.2) is 0 Å². The number of aromatic amines is 1. The molecule has 0 bridgehead atoms. The van der Waals surface area contributed by atoms with Gasteiger partial charge in [-0.2, -0.15) is 0 Å². The Balaban J connectivity index is 1.95. The summed E-state index contributed by atoms with van der Waals surface area (Å²) in [5, 5.41) is 22.5. The fourth-order valence-electron chi connectivity index (χ4n) is 1.98. The molecule has 0 aliphatic carbocycles. The highest BCUT2D eigenvalue weighted by atomic mass is 16.5. The second kappa shape index (κ2) is 6.56. The maximum absolute atomic E-state index is 9.52. The Kier molecular flexibility index (Phi) is 4.55. The first-order valence-electron chi connectivity index (χ1n) is 6.35. The molecule has 5 nitrogen and oxygen atoms in total. The molecule has 2 aromatic rings. The summed E-state index contributed by atoms with van der Waals surface area (Å²) in [5.41, 5.74) is 2.07. The highest BCUT2D eigenvalue weighted by Gasteiger charge is 2.05. The number of phenolic OH excluding ortho intramolecular Hbond substituents is 1. The van der Waals surface area contributed by atoms with Gasteiger partial charge in [0.2, 0.25) is 5.88 Å². The summed E-state index contributed by atoms with van der Waals surface area (Å²) in [6.45, 7) is 4.48. The van der Waals surface area contributed by atoms with Gasteiger partial charge in [-0.25, -0.2) is 0 Å². The molecule has 0 fully saturated rings. The summed E-state index contributed by atoms with van der Waals surface area (Å²) in [6, 6.07) is 5.22. The first-order chi connectivity index (χ1) is 9.74. The van der Waals surface area contributed by atoms with E-state index in [1.54, 1.807) is 18.2 Å². The third kappa shape index (κ3) is 3.26. The largest absolute Gasteiger partial charge is 0.510 e. The minimum atomic E-state index is 0.247. The van der Waals surface area contributed by atoms with Crippen LogP contribution in [0.25, 0.3) is 10.9 Å². The number of benzene rings is 1. The molecule has 2 rings (SSSR count). The van der Waals surface area contributed by atoms with Crippen LogP contribution in [-0.4, -0.2) is 28.3 Å². The van der Waals surface area contributed by atoms with Crippen LogP contribution >= 0.6 is 0 Å². The molecule has 106 valence electrons. The molecular weight excluding hydrogens is 256 g/mol. The smallest absolute Gasteiger partial charge is 0.222 e. The van der Waals surface area contributed by atoms with E-state index in [4.69, 9.17) is 9.84 Å². The van der Waals surface area contributed by atoms with Gasteiger partial charge in [-0.15, -0.1) is 0 Å². The molecule has 5 heteroatoms. The van der Waals surface area contributed by atoms with Gasteiger partial charge in [-0.3, -0.25) is 0 Å². The zero-order chi connectivity index (χ0) is 14.4. The zero-order valence-electron chi connectivity index (χ0n) is 11.1. The minimum Gasteiger partial charge on any atom is -0.510 e. The topological polar surface area (TPSA) is 77.5 Å². The molecule has 4 N–H and O–H groups in total. The van der Waals surface area contributed by atoms with E-state index in [-0.39, 0.29) is 5.75 Å². The molecule has 0 unspecified atom stereocenters. The van der Waals surface area contributed by atoms with Gasteiger partial charge in [0, 0.05) is 23.6 Å². The lowest BCUT2D eigenvalue weighted by atomic mass is 10.1. The quantitative estimate of drug-likeness (QED) is 0.462. The fraction of sp³-hybridized carbons (Fsp3) is 0.200. The first-order valence-corrected chi connectivity index (χ1v) is 6.35. The number of aromatic nitrogens is 1. The molecule has 0 saturated heterocycles. The number of H-pyrrole nitrogens is 1. The van der Waals surface area contributed by atoms with Crippen LogP contribution < -0.4 is 5.32 Å². The third-order valence-corrected chi connectivity index (χ3v) is 2.92. The standard InChI is InChI=1S/C15H18N2O3/c1-2-7-20-15(10-18)16-6-5-11-9-17-14-4-3-12(19)8-13(11)14/h2-4,8-10,16-19H,1,5-7H2. The summed E-state index contributed by atoms with van der Waals surface area (Å²) in [4.78, 5) is 3.15. The SMILES string of the molecule is C=CCOC(=CO)NCCc1c[nH]c2ccc(O)cc12. The normalized spacial score (nSPS) is 11.5. The maximum atomic E-state index is 9.52. The Labute approximate surface area is 117 Å². The molecule has 0 amide bonds. The van der Waals surface area contributed by atoms with Crippen LogP contribution in [-0.2, 0) is 11.2 Å². The lowest BCUT2D eigenvalue weighted by Gasteiger charge is -2.09. The first kappa shape index (κ1) is 13.9. The van der Waals surface area contributed by atoms with E-state index in [0.29, 0.717) is 19.0 Å². The summed E-state index contributed by atoms with van der Waals surface area (Å²) >= 11 is 0. The maximum Gasteiger partial charge on any atom is 0.222 e. The molecule has 1 heterocycles. The Morgan fingerprint density at radius 3 is 3.05 bits per heavy atom. The monoisotopic (exact) mass is 274 g/mol. The lowest BCUT2D eigenvalue weighted by Crippen LogP contribution is -2.19. The van der Waals surface area contributed by atoms with Crippen LogP contribution in [0.4, 0.5) is 0 Å².